The maximum Gasteiger partial charge on any atom is 0.233 e. The number of sulfonamides is 1. The minimum atomic E-state index is -3.47. The van der Waals surface area contributed by atoms with Crippen molar-refractivity contribution in [1.82, 2.24) is 0 Å². The smallest absolute Gasteiger partial charge is 0.233 e. The van der Waals surface area contributed by atoms with Gasteiger partial charge < -0.3 is 14.2 Å². The Morgan fingerprint density at radius 3 is 2.33 bits per heavy atom. The Morgan fingerprint density at radius 2 is 1.67 bits per heavy atom. The van der Waals surface area contributed by atoms with Crippen molar-refractivity contribution in [1.29, 1.82) is 0 Å². The van der Waals surface area contributed by atoms with Gasteiger partial charge in [-0.3, -0.25) is 4.72 Å². The molecule has 130 valence electrons. The molecule has 0 saturated heterocycles. The number of benzene rings is 2. The molecule has 0 bridgehead atoms. The van der Waals surface area contributed by atoms with Crippen LogP contribution in [0.2, 0.25) is 0 Å². The summed E-state index contributed by atoms with van der Waals surface area (Å²) in [6.45, 7) is 0. The molecule has 24 heavy (non-hydrogen) atoms. The normalized spacial score (nSPS) is 11.0. The second kappa shape index (κ2) is 7.92. The van der Waals surface area contributed by atoms with Crippen LogP contribution < -0.4 is 18.9 Å². The highest BCUT2D eigenvalue weighted by molar-refractivity contribution is 7.92. The van der Waals surface area contributed by atoms with E-state index in [1.54, 1.807) is 50.6 Å². The summed E-state index contributed by atoms with van der Waals surface area (Å²) >= 11 is 0. The molecule has 6 nitrogen and oxygen atoms in total. The fourth-order valence-electron chi connectivity index (χ4n) is 2.21. The molecule has 0 radical (unpaired) electrons. The summed E-state index contributed by atoms with van der Waals surface area (Å²) in [5, 5.41) is 0. The van der Waals surface area contributed by atoms with Gasteiger partial charge in [0.15, 0.2) is 11.5 Å². The van der Waals surface area contributed by atoms with Crippen LogP contribution in [0.3, 0.4) is 0 Å². The van der Waals surface area contributed by atoms with Crippen molar-refractivity contribution in [2.45, 2.75) is 6.42 Å². The summed E-state index contributed by atoms with van der Waals surface area (Å²) in [6.07, 6.45) is 0.361. The lowest BCUT2D eigenvalue weighted by Gasteiger charge is -2.11. The zero-order valence-corrected chi connectivity index (χ0v) is 14.7. The average molecular weight is 351 g/mol. The Kier molecular flexibility index (Phi) is 5.92. The third-order valence-corrected chi connectivity index (χ3v) is 4.74. The van der Waals surface area contributed by atoms with Crippen LogP contribution in [0.5, 0.6) is 17.2 Å². The molecule has 0 spiro atoms. The minimum absolute atomic E-state index is 0.0420. The average Bonchev–Trinajstić information content (AvgIpc) is 2.59. The number of anilines is 1. The standard InChI is InChI=1S/C17H21NO5S/c1-21-15-6-4-5-14(12-15)18-24(19,20)10-9-13-7-8-16(22-2)17(11-13)23-3/h4-8,11-12,18H,9-10H2,1-3H3. The number of aryl methyl sites for hydroxylation is 1. The maximum absolute atomic E-state index is 12.2. The fourth-order valence-corrected chi connectivity index (χ4v) is 3.30. The number of rotatable bonds is 8. The van der Waals surface area contributed by atoms with E-state index in [-0.39, 0.29) is 5.75 Å². The van der Waals surface area contributed by atoms with Gasteiger partial charge in [-0.2, -0.15) is 0 Å². The zero-order valence-electron chi connectivity index (χ0n) is 13.9. The predicted octanol–water partition coefficient (Wildman–Crippen LogP) is 2.70. The first kappa shape index (κ1) is 17.9. The van der Waals surface area contributed by atoms with Crippen LogP contribution in [0.15, 0.2) is 42.5 Å². The van der Waals surface area contributed by atoms with E-state index in [1.807, 2.05) is 6.07 Å². The topological polar surface area (TPSA) is 73.9 Å². The summed E-state index contributed by atoms with van der Waals surface area (Å²) in [5.41, 5.74) is 1.32. The molecule has 0 fully saturated rings. The van der Waals surface area contributed by atoms with Gasteiger partial charge in [0.25, 0.3) is 0 Å². The van der Waals surface area contributed by atoms with Gasteiger partial charge in [-0.15, -0.1) is 0 Å². The lowest BCUT2D eigenvalue weighted by Crippen LogP contribution is -2.18. The molecule has 0 atom stereocenters. The first-order chi connectivity index (χ1) is 11.5. The molecular weight excluding hydrogens is 330 g/mol. The van der Waals surface area contributed by atoms with Crippen molar-refractivity contribution in [3.8, 4) is 17.2 Å². The Balaban J connectivity index is 2.04. The fraction of sp³-hybridized carbons (Fsp3) is 0.294. The summed E-state index contributed by atoms with van der Waals surface area (Å²) in [5.74, 6) is 1.74. The molecule has 0 aliphatic heterocycles. The van der Waals surface area contributed by atoms with Crippen LogP contribution in [0.4, 0.5) is 5.69 Å². The molecule has 0 saturated carbocycles. The largest absolute Gasteiger partial charge is 0.497 e. The highest BCUT2D eigenvalue weighted by Gasteiger charge is 2.12. The van der Waals surface area contributed by atoms with Crippen LogP contribution in [0, 0.1) is 0 Å². The SMILES string of the molecule is COc1cccc(NS(=O)(=O)CCc2ccc(OC)c(OC)c2)c1. The molecule has 1 N–H and O–H groups in total. The molecule has 0 aliphatic rings. The van der Waals surface area contributed by atoms with E-state index in [2.05, 4.69) is 4.72 Å². The third-order valence-electron chi connectivity index (χ3n) is 3.45. The Labute approximate surface area is 142 Å². The van der Waals surface area contributed by atoms with Crippen LogP contribution in [0.25, 0.3) is 0 Å². The van der Waals surface area contributed by atoms with Gasteiger partial charge in [0.2, 0.25) is 10.0 Å². The van der Waals surface area contributed by atoms with Gasteiger partial charge in [0.1, 0.15) is 5.75 Å². The van der Waals surface area contributed by atoms with Crippen molar-refractivity contribution in [2.24, 2.45) is 0 Å². The summed E-state index contributed by atoms with van der Waals surface area (Å²) in [6, 6.07) is 12.1. The monoisotopic (exact) mass is 351 g/mol. The van der Waals surface area contributed by atoms with E-state index in [0.717, 1.165) is 5.56 Å². The Bertz CT molecular complexity index is 789. The van der Waals surface area contributed by atoms with Gasteiger partial charge >= 0.3 is 0 Å². The van der Waals surface area contributed by atoms with Gasteiger partial charge in [-0.1, -0.05) is 12.1 Å². The molecule has 2 rings (SSSR count). The van der Waals surface area contributed by atoms with Crippen molar-refractivity contribution < 1.29 is 22.6 Å². The maximum atomic E-state index is 12.2. The van der Waals surface area contributed by atoms with E-state index < -0.39 is 10.0 Å². The second-order valence-corrected chi connectivity index (χ2v) is 6.93. The summed E-state index contributed by atoms with van der Waals surface area (Å²) in [7, 11) is 1.16. The second-order valence-electron chi connectivity index (χ2n) is 5.09. The minimum Gasteiger partial charge on any atom is -0.497 e. The van der Waals surface area contributed by atoms with E-state index in [0.29, 0.717) is 29.4 Å². The third kappa shape index (κ3) is 4.79. The van der Waals surface area contributed by atoms with Crippen molar-refractivity contribution in [2.75, 3.05) is 31.8 Å². The van der Waals surface area contributed by atoms with Crippen LogP contribution >= 0.6 is 0 Å². The van der Waals surface area contributed by atoms with E-state index in [9.17, 15) is 8.42 Å². The molecule has 7 heteroatoms. The number of ether oxygens (including phenoxy) is 3. The van der Waals surface area contributed by atoms with Crippen LogP contribution in [0.1, 0.15) is 5.56 Å². The van der Waals surface area contributed by atoms with Gasteiger partial charge in [-0.25, -0.2) is 8.42 Å². The van der Waals surface area contributed by atoms with Crippen molar-refractivity contribution in [3.05, 3.63) is 48.0 Å². The van der Waals surface area contributed by atoms with Crippen LogP contribution in [-0.2, 0) is 16.4 Å². The van der Waals surface area contributed by atoms with E-state index in [4.69, 9.17) is 14.2 Å². The summed E-state index contributed by atoms with van der Waals surface area (Å²) in [4.78, 5) is 0. The number of hydrogen-bond acceptors (Lipinski definition) is 5. The van der Waals surface area contributed by atoms with E-state index in [1.165, 1.54) is 7.11 Å². The number of methoxy groups -OCH3 is 3. The molecule has 0 unspecified atom stereocenters. The Morgan fingerprint density at radius 1 is 0.917 bits per heavy atom. The van der Waals surface area contributed by atoms with Crippen molar-refractivity contribution in [3.63, 3.8) is 0 Å². The molecule has 2 aromatic rings. The molecule has 2 aromatic carbocycles. The lowest BCUT2D eigenvalue weighted by molar-refractivity contribution is 0.354. The van der Waals surface area contributed by atoms with E-state index >= 15 is 0 Å². The molecule has 0 aromatic heterocycles. The highest BCUT2D eigenvalue weighted by atomic mass is 32.2. The van der Waals surface area contributed by atoms with Gasteiger partial charge in [-0.05, 0) is 36.2 Å². The van der Waals surface area contributed by atoms with Gasteiger partial charge in [0, 0.05) is 6.07 Å². The molecule has 0 heterocycles. The first-order valence-corrected chi connectivity index (χ1v) is 8.98. The molecular formula is C17H21NO5S. The predicted molar refractivity (Wildman–Crippen MR) is 93.7 cm³/mol. The van der Waals surface area contributed by atoms with Gasteiger partial charge in [0.05, 0.1) is 32.8 Å². The lowest BCUT2D eigenvalue weighted by atomic mass is 10.1. The highest BCUT2D eigenvalue weighted by Crippen LogP contribution is 2.28. The zero-order chi connectivity index (χ0) is 17.6. The first-order valence-electron chi connectivity index (χ1n) is 7.33. The molecule has 0 amide bonds. The summed E-state index contributed by atoms with van der Waals surface area (Å²) < 4.78 is 42.5. The van der Waals surface area contributed by atoms with Crippen LogP contribution in [-0.4, -0.2) is 35.5 Å². The quantitative estimate of drug-likeness (QED) is 0.791. The van der Waals surface area contributed by atoms with Crippen molar-refractivity contribution >= 4 is 15.7 Å². The number of nitrogens with one attached hydrogen (secondary N) is 1. The molecule has 0 aliphatic carbocycles. The number of hydrogen-bond donors (Lipinski definition) is 1. The Hall–Kier alpha value is -2.41.